The summed E-state index contributed by atoms with van der Waals surface area (Å²) in [5, 5.41) is 0. The lowest BCUT2D eigenvalue weighted by molar-refractivity contribution is 0.303. The third kappa shape index (κ3) is 4.22. The summed E-state index contributed by atoms with van der Waals surface area (Å²) >= 11 is 3.54. The predicted octanol–water partition coefficient (Wildman–Crippen LogP) is 9.42. The van der Waals surface area contributed by atoms with E-state index in [-0.39, 0.29) is 11.5 Å². The number of rotatable bonds is 5. The normalized spacial score (nSPS) is 17.1. The molecule has 184 valence electrons. The Morgan fingerprint density at radius 3 is 2.11 bits per heavy atom. The van der Waals surface area contributed by atoms with Gasteiger partial charge in [0.15, 0.2) is 0 Å². The lowest BCUT2D eigenvalue weighted by Crippen LogP contribution is -2.30. The number of ether oxygens (including phenoxy) is 1. The quantitative estimate of drug-likeness (QED) is 0.246. The van der Waals surface area contributed by atoms with E-state index in [9.17, 15) is 0 Å². The Labute approximate surface area is 228 Å². The molecule has 0 saturated heterocycles. The predicted molar refractivity (Wildman–Crippen MR) is 158 cm³/mol. The zero-order valence-electron chi connectivity index (χ0n) is 21.4. The van der Waals surface area contributed by atoms with Gasteiger partial charge in [0, 0.05) is 21.3 Å². The number of nitrogens with zero attached hydrogens (tertiary/aromatic N) is 1. The third-order valence-electron chi connectivity index (χ3n) is 7.78. The Kier molecular flexibility index (Phi) is 6.04. The van der Waals surface area contributed by atoms with Gasteiger partial charge in [0.05, 0.1) is 13.2 Å². The largest absolute Gasteiger partial charge is 0.497 e. The number of benzene rings is 4. The summed E-state index contributed by atoms with van der Waals surface area (Å²) in [5.41, 5.74) is 10.3. The molecule has 2 aliphatic rings. The van der Waals surface area contributed by atoms with Gasteiger partial charge in [-0.15, -0.1) is 0 Å². The Bertz CT molecular complexity index is 1510. The van der Waals surface area contributed by atoms with E-state index in [1.165, 1.54) is 44.8 Å². The Morgan fingerprint density at radius 1 is 0.784 bits per heavy atom. The van der Waals surface area contributed by atoms with E-state index in [1.54, 1.807) is 7.11 Å². The third-order valence-corrected chi connectivity index (χ3v) is 8.31. The average molecular weight is 549 g/mol. The van der Waals surface area contributed by atoms with Crippen LogP contribution in [0.25, 0.3) is 22.3 Å². The van der Waals surface area contributed by atoms with E-state index in [4.69, 9.17) is 4.74 Å². The first-order chi connectivity index (χ1) is 18.0. The first-order valence-corrected chi connectivity index (χ1v) is 13.6. The Morgan fingerprint density at radius 2 is 1.43 bits per heavy atom. The zero-order valence-corrected chi connectivity index (χ0v) is 23.0. The molecular formula is C34H30BrNO. The van der Waals surface area contributed by atoms with Crippen LogP contribution in [-0.4, -0.2) is 13.2 Å². The maximum absolute atomic E-state index is 5.48. The molecule has 0 amide bonds. The number of allylic oxidation sites excluding steroid dienone is 1. The number of hydrogen-bond acceptors (Lipinski definition) is 2. The van der Waals surface area contributed by atoms with Crippen molar-refractivity contribution in [3.8, 4) is 22.3 Å². The average Bonchev–Trinajstić information content (AvgIpc) is 3.16. The van der Waals surface area contributed by atoms with Crippen molar-refractivity contribution >= 4 is 27.3 Å². The van der Waals surface area contributed by atoms with Gasteiger partial charge in [-0.2, -0.15) is 0 Å². The highest BCUT2D eigenvalue weighted by molar-refractivity contribution is 9.10. The molecule has 0 spiro atoms. The van der Waals surface area contributed by atoms with Crippen LogP contribution in [0.3, 0.4) is 0 Å². The van der Waals surface area contributed by atoms with Crippen molar-refractivity contribution in [2.75, 3.05) is 12.0 Å². The van der Waals surface area contributed by atoms with Crippen LogP contribution in [0.15, 0.2) is 119 Å². The van der Waals surface area contributed by atoms with Gasteiger partial charge >= 0.3 is 0 Å². The molecule has 6 rings (SSSR count). The molecule has 2 aliphatic carbocycles. The second-order valence-electron chi connectivity index (χ2n) is 10.3. The minimum Gasteiger partial charge on any atom is -0.497 e. The molecule has 0 fully saturated rings. The highest BCUT2D eigenvalue weighted by Gasteiger charge is 2.36. The van der Waals surface area contributed by atoms with Crippen LogP contribution < -0.4 is 4.90 Å². The van der Waals surface area contributed by atoms with Crippen molar-refractivity contribution < 1.29 is 4.74 Å². The minimum absolute atomic E-state index is 0.0371. The molecule has 1 atom stereocenters. The molecule has 0 bridgehead atoms. The fraction of sp³-hybridized carbons (Fsp3) is 0.176. The summed E-state index contributed by atoms with van der Waals surface area (Å²) in [6.07, 6.45) is 7.41. The monoisotopic (exact) mass is 547 g/mol. The summed E-state index contributed by atoms with van der Waals surface area (Å²) in [4.78, 5) is 2.46. The van der Waals surface area contributed by atoms with E-state index in [0.29, 0.717) is 0 Å². The molecule has 0 saturated carbocycles. The summed E-state index contributed by atoms with van der Waals surface area (Å²) in [7, 11) is 1.73. The lowest BCUT2D eigenvalue weighted by Gasteiger charge is -2.34. The van der Waals surface area contributed by atoms with Crippen molar-refractivity contribution in [1.82, 2.24) is 0 Å². The minimum atomic E-state index is -0.0371. The lowest BCUT2D eigenvalue weighted by atomic mass is 9.82. The highest BCUT2D eigenvalue weighted by Crippen LogP contribution is 2.50. The van der Waals surface area contributed by atoms with Crippen LogP contribution in [0.2, 0.25) is 0 Å². The standard InChI is InChI=1S/C34H30BrNO/c1-34(2)32-7-5-4-6-30(32)31-21-18-28(22-33(31)34)36(27-16-19-29(37-3)20-17-27)26-14-10-24(11-15-26)23-8-12-25(35)13-9-23/h4-16,18-22,27H,17H2,1-3H3. The molecule has 0 N–H and O–H groups in total. The molecule has 0 aromatic heterocycles. The van der Waals surface area contributed by atoms with Crippen molar-refractivity contribution in [3.05, 3.63) is 131 Å². The van der Waals surface area contributed by atoms with E-state index in [1.807, 2.05) is 0 Å². The van der Waals surface area contributed by atoms with E-state index >= 15 is 0 Å². The summed E-state index contributed by atoms with van der Waals surface area (Å²) in [5.74, 6) is 0.923. The molecular weight excluding hydrogens is 518 g/mol. The van der Waals surface area contributed by atoms with Crippen LogP contribution in [-0.2, 0) is 10.2 Å². The summed E-state index contributed by atoms with van der Waals surface area (Å²) < 4.78 is 6.57. The number of anilines is 2. The van der Waals surface area contributed by atoms with E-state index < -0.39 is 0 Å². The molecule has 4 aromatic rings. The van der Waals surface area contributed by atoms with Crippen LogP contribution in [0.1, 0.15) is 31.4 Å². The van der Waals surface area contributed by atoms with Gasteiger partial charge in [-0.25, -0.2) is 0 Å². The molecule has 0 radical (unpaired) electrons. The van der Waals surface area contributed by atoms with Gasteiger partial charge in [0.2, 0.25) is 0 Å². The van der Waals surface area contributed by atoms with Gasteiger partial charge < -0.3 is 9.64 Å². The molecule has 0 aliphatic heterocycles. The number of fused-ring (bicyclic) bond motifs is 3. The van der Waals surface area contributed by atoms with Gasteiger partial charge in [-0.3, -0.25) is 0 Å². The molecule has 3 heteroatoms. The smallest absolute Gasteiger partial charge is 0.114 e. The topological polar surface area (TPSA) is 12.5 Å². The molecule has 2 nitrogen and oxygen atoms in total. The molecule has 1 unspecified atom stereocenters. The Hall–Kier alpha value is -3.56. The van der Waals surface area contributed by atoms with Crippen molar-refractivity contribution in [2.45, 2.75) is 31.7 Å². The van der Waals surface area contributed by atoms with Crippen molar-refractivity contribution in [3.63, 3.8) is 0 Å². The SMILES string of the molecule is COC1=CCC(N(c2ccc(-c3ccc(Br)cc3)cc2)c2ccc3c(c2)C(C)(C)c2ccccc2-3)C=C1. The molecule has 4 aromatic carbocycles. The maximum Gasteiger partial charge on any atom is 0.114 e. The van der Waals surface area contributed by atoms with Gasteiger partial charge in [-0.05, 0) is 88.4 Å². The zero-order chi connectivity index (χ0) is 25.6. The first-order valence-electron chi connectivity index (χ1n) is 12.8. The fourth-order valence-electron chi connectivity index (χ4n) is 5.76. The number of methoxy groups -OCH3 is 1. The van der Waals surface area contributed by atoms with Gasteiger partial charge in [0.25, 0.3) is 0 Å². The molecule has 0 heterocycles. The van der Waals surface area contributed by atoms with E-state index in [0.717, 1.165) is 16.7 Å². The van der Waals surface area contributed by atoms with Crippen molar-refractivity contribution in [1.29, 1.82) is 0 Å². The summed E-state index contributed by atoms with van der Waals surface area (Å²) in [6, 6.07) is 33.4. The first kappa shape index (κ1) is 23.8. The second-order valence-corrected chi connectivity index (χ2v) is 11.2. The molecule has 37 heavy (non-hydrogen) atoms. The summed E-state index contributed by atoms with van der Waals surface area (Å²) in [6.45, 7) is 4.68. The van der Waals surface area contributed by atoms with E-state index in [2.05, 4.69) is 144 Å². The number of halogens is 1. The number of hydrogen-bond donors (Lipinski definition) is 0. The second kappa shape index (κ2) is 9.39. The van der Waals surface area contributed by atoms with Crippen LogP contribution in [0, 0.1) is 0 Å². The maximum atomic E-state index is 5.48. The van der Waals surface area contributed by atoms with Gasteiger partial charge in [0.1, 0.15) is 5.76 Å². The van der Waals surface area contributed by atoms with Crippen LogP contribution >= 0.6 is 15.9 Å². The van der Waals surface area contributed by atoms with Crippen LogP contribution in [0.5, 0.6) is 0 Å². The Balaban J connectivity index is 1.42. The highest BCUT2D eigenvalue weighted by atomic mass is 79.9. The van der Waals surface area contributed by atoms with Crippen LogP contribution in [0.4, 0.5) is 11.4 Å². The fourth-order valence-corrected chi connectivity index (χ4v) is 6.03. The van der Waals surface area contributed by atoms with Crippen molar-refractivity contribution in [2.24, 2.45) is 0 Å². The van der Waals surface area contributed by atoms with Gasteiger partial charge in [-0.1, -0.05) is 90.5 Å².